The quantitative estimate of drug-likeness (QED) is 0.279. The Bertz CT molecular complexity index is 1290. The molecule has 0 bridgehead atoms. The zero-order valence-corrected chi connectivity index (χ0v) is 18.4. The van der Waals surface area contributed by atoms with Crippen LogP contribution in [0.2, 0.25) is 0 Å². The van der Waals surface area contributed by atoms with Crippen molar-refractivity contribution in [3.05, 3.63) is 145 Å². The van der Waals surface area contributed by atoms with Crippen molar-refractivity contribution in [1.82, 2.24) is 0 Å². The second-order valence-electron chi connectivity index (χ2n) is 8.10. The van der Waals surface area contributed by atoms with Crippen molar-refractivity contribution >= 4 is 22.7 Å². The van der Waals surface area contributed by atoms with Crippen LogP contribution in [0.15, 0.2) is 133 Å². The van der Waals surface area contributed by atoms with Crippen molar-refractivity contribution in [3.8, 4) is 11.1 Å². The van der Waals surface area contributed by atoms with Crippen LogP contribution in [-0.4, -0.2) is 0 Å². The molecule has 0 atom stereocenters. The van der Waals surface area contributed by atoms with Gasteiger partial charge in [0.15, 0.2) is 0 Å². The Morgan fingerprint density at radius 1 is 0.485 bits per heavy atom. The molecule has 2 N–H and O–H groups in total. The summed E-state index contributed by atoms with van der Waals surface area (Å²) in [5, 5.41) is 0. The van der Waals surface area contributed by atoms with Crippen LogP contribution in [-0.2, 0) is 6.42 Å². The summed E-state index contributed by atoms with van der Waals surface area (Å²) in [5.74, 6) is 0. The van der Waals surface area contributed by atoms with Crippen LogP contribution in [0.4, 0.5) is 22.7 Å². The van der Waals surface area contributed by atoms with Crippen molar-refractivity contribution in [3.63, 3.8) is 0 Å². The molecule has 5 aromatic rings. The summed E-state index contributed by atoms with van der Waals surface area (Å²) in [6.07, 6.45) is 0.849. The normalized spacial score (nSPS) is 10.7. The van der Waals surface area contributed by atoms with E-state index in [0.717, 1.165) is 40.3 Å². The molecule has 0 aliphatic carbocycles. The fourth-order valence-corrected chi connectivity index (χ4v) is 4.27. The fourth-order valence-electron chi connectivity index (χ4n) is 4.27. The van der Waals surface area contributed by atoms with Gasteiger partial charge in [-0.3, -0.25) is 0 Å². The number of hydrogen-bond donors (Lipinski definition) is 1. The van der Waals surface area contributed by atoms with E-state index < -0.39 is 0 Å². The maximum atomic E-state index is 6.45. The number of anilines is 4. The Labute approximate surface area is 195 Å². The van der Waals surface area contributed by atoms with Gasteiger partial charge in [-0.2, -0.15) is 0 Å². The van der Waals surface area contributed by atoms with Crippen molar-refractivity contribution in [2.45, 2.75) is 6.42 Å². The maximum Gasteiger partial charge on any atom is 0.0468 e. The highest BCUT2D eigenvalue weighted by Gasteiger charge is 2.16. The lowest BCUT2D eigenvalue weighted by molar-refractivity contribution is 1.19. The van der Waals surface area contributed by atoms with Gasteiger partial charge in [-0.1, -0.05) is 91.0 Å². The number of nitrogens with zero attached hydrogens (tertiary/aromatic N) is 1. The predicted molar refractivity (Wildman–Crippen MR) is 140 cm³/mol. The minimum atomic E-state index is 0.787. The molecule has 0 amide bonds. The van der Waals surface area contributed by atoms with E-state index in [1.165, 1.54) is 11.1 Å². The summed E-state index contributed by atoms with van der Waals surface area (Å²) in [6.45, 7) is 0. The number of hydrogen-bond acceptors (Lipinski definition) is 2. The van der Waals surface area contributed by atoms with Gasteiger partial charge in [-0.05, 0) is 65.6 Å². The molecule has 2 nitrogen and oxygen atoms in total. The van der Waals surface area contributed by atoms with Gasteiger partial charge in [0.25, 0.3) is 0 Å². The monoisotopic (exact) mass is 426 g/mol. The maximum absolute atomic E-state index is 6.45. The number of benzene rings is 5. The number of nitrogen functional groups attached to an aromatic ring is 1. The van der Waals surface area contributed by atoms with Gasteiger partial charge in [0.05, 0.1) is 0 Å². The number of para-hydroxylation sites is 3. The van der Waals surface area contributed by atoms with E-state index in [4.69, 9.17) is 5.73 Å². The molecule has 0 aliphatic rings. The smallest absolute Gasteiger partial charge is 0.0468 e. The topological polar surface area (TPSA) is 29.3 Å². The van der Waals surface area contributed by atoms with E-state index >= 15 is 0 Å². The molecule has 5 rings (SSSR count). The van der Waals surface area contributed by atoms with Crippen molar-refractivity contribution in [2.24, 2.45) is 0 Å². The molecule has 5 aromatic carbocycles. The molecule has 0 spiro atoms. The third-order valence-electron chi connectivity index (χ3n) is 5.87. The van der Waals surface area contributed by atoms with E-state index in [1.54, 1.807) is 0 Å². The fraction of sp³-hybridized carbons (Fsp3) is 0.0323. The molecule has 33 heavy (non-hydrogen) atoms. The Hall–Kier alpha value is -4.30. The SMILES string of the molecule is Nc1ccccc1-c1cc(N(c2ccccc2)c2ccccc2)ccc1Cc1ccccc1. The molecular weight excluding hydrogens is 400 g/mol. The van der Waals surface area contributed by atoms with Crippen molar-refractivity contribution in [2.75, 3.05) is 10.6 Å². The van der Waals surface area contributed by atoms with E-state index in [9.17, 15) is 0 Å². The molecule has 160 valence electrons. The molecular formula is C31H26N2. The average molecular weight is 427 g/mol. The second kappa shape index (κ2) is 9.46. The Kier molecular flexibility index (Phi) is 5.90. The van der Waals surface area contributed by atoms with Crippen molar-refractivity contribution in [1.29, 1.82) is 0 Å². The number of nitrogens with two attached hydrogens (primary N) is 1. The molecule has 2 heteroatoms. The molecule has 0 saturated heterocycles. The van der Waals surface area contributed by atoms with Crippen LogP contribution in [0, 0.1) is 0 Å². The Morgan fingerprint density at radius 3 is 1.64 bits per heavy atom. The van der Waals surface area contributed by atoms with E-state index in [-0.39, 0.29) is 0 Å². The van der Waals surface area contributed by atoms with Crippen LogP contribution in [0.5, 0.6) is 0 Å². The summed E-state index contributed by atoms with van der Waals surface area (Å²) in [6, 6.07) is 46.4. The van der Waals surface area contributed by atoms with Gasteiger partial charge < -0.3 is 10.6 Å². The van der Waals surface area contributed by atoms with Crippen LogP contribution < -0.4 is 10.6 Å². The Balaban J connectivity index is 1.68. The van der Waals surface area contributed by atoms with Crippen LogP contribution in [0.3, 0.4) is 0 Å². The molecule has 0 radical (unpaired) electrons. The third-order valence-corrected chi connectivity index (χ3v) is 5.87. The van der Waals surface area contributed by atoms with Crippen LogP contribution >= 0.6 is 0 Å². The molecule has 0 aliphatic heterocycles. The zero-order valence-electron chi connectivity index (χ0n) is 18.4. The predicted octanol–water partition coefficient (Wildman–Crippen LogP) is 8.00. The molecule has 0 aromatic heterocycles. The van der Waals surface area contributed by atoms with Crippen LogP contribution in [0.1, 0.15) is 11.1 Å². The number of rotatable bonds is 6. The average Bonchev–Trinajstić information content (AvgIpc) is 2.87. The van der Waals surface area contributed by atoms with E-state index in [2.05, 4.69) is 114 Å². The van der Waals surface area contributed by atoms with Crippen LogP contribution in [0.25, 0.3) is 11.1 Å². The summed E-state index contributed by atoms with van der Waals surface area (Å²) in [7, 11) is 0. The summed E-state index contributed by atoms with van der Waals surface area (Å²) in [4.78, 5) is 2.29. The van der Waals surface area contributed by atoms with E-state index in [0.29, 0.717) is 0 Å². The van der Waals surface area contributed by atoms with Gasteiger partial charge in [0, 0.05) is 28.3 Å². The highest BCUT2D eigenvalue weighted by atomic mass is 15.1. The Morgan fingerprint density at radius 2 is 1.03 bits per heavy atom. The highest BCUT2D eigenvalue weighted by Crippen LogP contribution is 2.39. The van der Waals surface area contributed by atoms with Crippen molar-refractivity contribution < 1.29 is 0 Å². The minimum absolute atomic E-state index is 0.787. The van der Waals surface area contributed by atoms with Gasteiger partial charge in [0.1, 0.15) is 0 Å². The minimum Gasteiger partial charge on any atom is -0.398 e. The lowest BCUT2D eigenvalue weighted by atomic mass is 9.93. The lowest BCUT2D eigenvalue weighted by Crippen LogP contribution is -2.10. The summed E-state index contributed by atoms with van der Waals surface area (Å²) < 4.78 is 0. The summed E-state index contributed by atoms with van der Waals surface area (Å²) >= 11 is 0. The molecule has 0 saturated carbocycles. The van der Waals surface area contributed by atoms with Gasteiger partial charge in [-0.25, -0.2) is 0 Å². The largest absolute Gasteiger partial charge is 0.398 e. The molecule has 0 heterocycles. The van der Waals surface area contributed by atoms with Gasteiger partial charge in [0.2, 0.25) is 0 Å². The highest BCUT2D eigenvalue weighted by molar-refractivity contribution is 5.84. The zero-order chi connectivity index (χ0) is 22.5. The van der Waals surface area contributed by atoms with Gasteiger partial charge >= 0.3 is 0 Å². The first-order chi connectivity index (χ1) is 16.3. The van der Waals surface area contributed by atoms with Gasteiger partial charge in [-0.15, -0.1) is 0 Å². The first kappa shape index (κ1) is 20.6. The second-order valence-corrected chi connectivity index (χ2v) is 8.10. The first-order valence-corrected chi connectivity index (χ1v) is 11.2. The lowest BCUT2D eigenvalue weighted by Gasteiger charge is -2.27. The molecule has 0 unspecified atom stereocenters. The summed E-state index contributed by atoms with van der Waals surface area (Å²) in [5.41, 5.74) is 15.3. The molecule has 0 fully saturated rings. The van der Waals surface area contributed by atoms with E-state index in [1.807, 2.05) is 24.3 Å². The standard InChI is InChI=1S/C31H26N2/c32-31-19-11-10-18-29(31)30-23-28(21-20-25(30)22-24-12-4-1-5-13-24)33(26-14-6-2-7-15-26)27-16-8-3-9-17-27/h1-21,23H,22,32H2. The third kappa shape index (κ3) is 4.51. The first-order valence-electron chi connectivity index (χ1n) is 11.2.